The standard InChI is InChI=1S/C10H17N3O2/c1-9(2)6-10(7-14-9)4-3-8(15-10)5-12-13-11/h8H,3-7H2,1-2H3/t8-,10-/m1/s1. The van der Waals surface area contributed by atoms with Crippen molar-refractivity contribution in [3.05, 3.63) is 10.4 Å². The summed E-state index contributed by atoms with van der Waals surface area (Å²) in [6.45, 7) is 5.29. The molecule has 0 aromatic rings. The molecular formula is C10H17N3O2. The predicted molar refractivity (Wildman–Crippen MR) is 55.5 cm³/mol. The molecule has 2 atom stereocenters. The van der Waals surface area contributed by atoms with E-state index >= 15 is 0 Å². The Labute approximate surface area is 89.4 Å². The molecule has 0 unspecified atom stereocenters. The zero-order chi connectivity index (χ0) is 10.9. The van der Waals surface area contributed by atoms with Gasteiger partial charge in [-0.1, -0.05) is 5.11 Å². The van der Waals surface area contributed by atoms with Crippen LogP contribution >= 0.6 is 0 Å². The molecule has 84 valence electrons. The first-order valence-electron chi connectivity index (χ1n) is 5.38. The van der Waals surface area contributed by atoms with E-state index in [0.717, 1.165) is 19.3 Å². The van der Waals surface area contributed by atoms with E-state index in [4.69, 9.17) is 15.0 Å². The normalized spacial score (nSPS) is 38.1. The van der Waals surface area contributed by atoms with Crippen LogP contribution in [0.2, 0.25) is 0 Å². The quantitative estimate of drug-likeness (QED) is 0.400. The lowest BCUT2D eigenvalue weighted by Gasteiger charge is -2.23. The third-order valence-electron chi connectivity index (χ3n) is 3.16. The minimum Gasteiger partial charge on any atom is -0.372 e. The van der Waals surface area contributed by atoms with E-state index in [1.807, 2.05) is 0 Å². The Bertz CT molecular complexity index is 299. The Balaban J connectivity index is 1.95. The van der Waals surface area contributed by atoms with Gasteiger partial charge in [-0.2, -0.15) is 0 Å². The molecule has 5 heteroatoms. The van der Waals surface area contributed by atoms with E-state index in [9.17, 15) is 0 Å². The molecule has 2 heterocycles. The summed E-state index contributed by atoms with van der Waals surface area (Å²) in [6, 6.07) is 0. The van der Waals surface area contributed by atoms with Gasteiger partial charge in [0.1, 0.15) is 0 Å². The molecule has 2 fully saturated rings. The van der Waals surface area contributed by atoms with Crippen molar-refractivity contribution in [3.8, 4) is 0 Å². The summed E-state index contributed by atoms with van der Waals surface area (Å²) in [4.78, 5) is 2.76. The van der Waals surface area contributed by atoms with Crippen molar-refractivity contribution in [1.29, 1.82) is 0 Å². The lowest BCUT2D eigenvalue weighted by Crippen LogP contribution is -2.31. The number of hydrogen-bond acceptors (Lipinski definition) is 3. The lowest BCUT2D eigenvalue weighted by atomic mass is 9.91. The lowest BCUT2D eigenvalue weighted by molar-refractivity contribution is -0.0433. The van der Waals surface area contributed by atoms with Crippen LogP contribution in [-0.4, -0.2) is 30.5 Å². The van der Waals surface area contributed by atoms with Crippen LogP contribution in [0.4, 0.5) is 0 Å². The minimum atomic E-state index is -0.112. The molecule has 0 aliphatic carbocycles. The summed E-state index contributed by atoms with van der Waals surface area (Å²) in [5, 5.41) is 3.56. The highest BCUT2D eigenvalue weighted by Crippen LogP contribution is 2.43. The summed E-state index contributed by atoms with van der Waals surface area (Å²) >= 11 is 0. The van der Waals surface area contributed by atoms with Crippen LogP contribution < -0.4 is 0 Å². The van der Waals surface area contributed by atoms with Gasteiger partial charge in [0.2, 0.25) is 0 Å². The number of ether oxygens (including phenoxy) is 2. The van der Waals surface area contributed by atoms with Gasteiger partial charge >= 0.3 is 0 Å². The molecule has 0 bridgehead atoms. The second-order valence-electron chi connectivity index (χ2n) is 5.10. The zero-order valence-corrected chi connectivity index (χ0v) is 9.27. The Morgan fingerprint density at radius 2 is 2.33 bits per heavy atom. The van der Waals surface area contributed by atoms with E-state index in [2.05, 4.69) is 23.9 Å². The highest BCUT2D eigenvalue weighted by Gasteiger charge is 2.49. The predicted octanol–water partition coefficient (Wildman–Crippen LogP) is 2.41. The summed E-state index contributed by atoms with van der Waals surface area (Å²) in [6.07, 6.45) is 3.01. The van der Waals surface area contributed by atoms with Crippen LogP contribution in [0.3, 0.4) is 0 Å². The summed E-state index contributed by atoms with van der Waals surface area (Å²) in [5.74, 6) is 0. The van der Waals surface area contributed by atoms with Crippen molar-refractivity contribution in [2.24, 2.45) is 5.11 Å². The molecule has 1 spiro atoms. The second kappa shape index (κ2) is 3.67. The van der Waals surface area contributed by atoms with E-state index in [1.165, 1.54) is 0 Å². The molecule has 2 saturated heterocycles. The van der Waals surface area contributed by atoms with Crippen LogP contribution in [0, 0.1) is 0 Å². The first-order chi connectivity index (χ1) is 7.05. The first kappa shape index (κ1) is 10.7. The minimum absolute atomic E-state index is 0.0760. The summed E-state index contributed by atoms with van der Waals surface area (Å²) in [7, 11) is 0. The fourth-order valence-electron chi connectivity index (χ4n) is 2.59. The maximum Gasteiger partial charge on any atom is 0.0947 e. The SMILES string of the molecule is CC1(C)C[C@]2(CC[C@H](CN=[N+]=[N-])O2)CO1. The van der Waals surface area contributed by atoms with Crippen molar-refractivity contribution in [1.82, 2.24) is 0 Å². The van der Waals surface area contributed by atoms with Crippen molar-refractivity contribution < 1.29 is 9.47 Å². The van der Waals surface area contributed by atoms with Gasteiger partial charge in [-0.3, -0.25) is 0 Å². The number of azide groups is 1. The molecule has 0 aromatic heterocycles. The second-order valence-corrected chi connectivity index (χ2v) is 5.10. The van der Waals surface area contributed by atoms with Crippen LogP contribution in [0.5, 0.6) is 0 Å². The Hall–Kier alpha value is -0.770. The summed E-state index contributed by atoms with van der Waals surface area (Å²) < 4.78 is 11.7. The van der Waals surface area contributed by atoms with Gasteiger partial charge in [-0.25, -0.2) is 0 Å². The Morgan fingerprint density at radius 1 is 1.53 bits per heavy atom. The van der Waals surface area contributed by atoms with Crippen molar-refractivity contribution in [2.75, 3.05) is 13.2 Å². The molecule has 0 amide bonds. The maximum absolute atomic E-state index is 8.24. The topological polar surface area (TPSA) is 67.2 Å². The smallest absolute Gasteiger partial charge is 0.0947 e. The van der Waals surface area contributed by atoms with Gasteiger partial charge in [0.05, 0.1) is 30.5 Å². The molecule has 2 rings (SSSR count). The Morgan fingerprint density at radius 3 is 2.93 bits per heavy atom. The molecule has 0 N–H and O–H groups in total. The monoisotopic (exact) mass is 211 g/mol. The van der Waals surface area contributed by atoms with E-state index < -0.39 is 0 Å². The largest absolute Gasteiger partial charge is 0.372 e. The molecule has 2 aliphatic heterocycles. The molecule has 2 aliphatic rings. The van der Waals surface area contributed by atoms with E-state index in [0.29, 0.717) is 13.2 Å². The zero-order valence-electron chi connectivity index (χ0n) is 9.27. The van der Waals surface area contributed by atoms with Crippen molar-refractivity contribution in [2.45, 2.75) is 50.4 Å². The van der Waals surface area contributed by atoms with Crippen LogP contribution in [0.25, 0.3) is 10.4 Å². The molecular weight excluding hydrogens is 194 g/mol. The molecule has 15 heavy (non-hydrogen) atoms. The van der Waals surface area contributed by atoms with Gasteiger partial charge in [-0.15, -0.1) is 0 Å². The van der Waals surface area contributed by atoms with Gasteiger partial charge < -0.3 is 9.47 Å². The third kappa shape index (κ3) is 2.25. The summed E-state index contributed by atoms with van der Waals surface area (Å²) in [5.41, 5.74) is 8.06. The highest BCUT2D eigenvalue weighted by molar-refractivity contribution is 4.99. The fraction of sp³-hybridized carbons (Fsp3) is 1.00. The fourth-order valence-corrected chi connectivity index (χ4v) is 2.59. The average molecular weight is 211 g/mol. The van der Waals surface area contributed by atoms with Crippen molar-refractivity contribution in [3.63, 3.8) is 0 Å². The maximum atomic E-state index is 8.24. The van der Waals surface area contributed by atoms with Crippen LogP contribution in [0.15, 0.2) is 5.11 Å². The number of nitrogens with zero attached hydrogens (tertiary/aromatic N) is 3. The number of rotatable bonds is 2. The third-order valence-corrected chi connectivity index (χ3v) is 3.16. The highest BCUT2D eigenvalue weighted by atomic mass is 16.6. The molecule has 0 radical (unpaired) electrons. The molecule has 5 nitrogen and oxygen atoms in total. The van der Waals surface area contributed by atoms with Gasteiger partial charge in [0.15, 0.2) is 0 Å². The Kier molecular flexibility index (Phi) is 2.63. The number of hydrogen-bond donors (Lipinski definition) is 0. The van der Waals surface area contributed by atoms with Gasteiger partial charge in [0, 0.05) is 11.3 Å². The van der Waals surface area contributed by atoms with E-state index in [-0.39, 0.29) is 17.3 Å². The van der Waals surface area contributed by atoms with Crippen LogP contribution in [-0.2, 0) is 9.47 Å². The molecule has 0 aromatic carbocycles. The van der Waals surface area contributed by atoms with Gasteiger partial charge in [-0.05, 0) is 32.2 Å². The van der Waals surface area contributed by atoms with Crippen molar-refractivity contribution >= 4 is 0 Å². The van der Waals surface area contributed by atoms with E-state index in [1.54, 1.807) is 0 Å². The average Bonchev–Trinajstić information content (AvgIpc) is 2.68. The van der Waals surface area contributed by atoms with Crippen LogP contribution in [0.1, 0.15) is 33.1 Å². The molecule has 0 saturated carbocycles. The van der Waals surface area contributed by atoms with Gasteiger partial charge in [0.25, 0.3) is 0 Å². The first-order valence-corrected chi connectivity index (χ1v) is 5.38.